The zero-order chi connectivity index (χ0) is 17.0. The maximum absolute atomic E-state index is 12.2. The summed E-state index contributed by atoms with van der Waals surface area (Å²) < 4.78 is 5.61. The largest absolute Gasteiger partial charge is 0.481 e. The number of hydrogen-bond acceptors (Lipinski definition) is 3. The minimum Gasteiger partial charge on any atom is -0.481 e. The summed E-state index contributed by atoms with van der Waals surface area (Å²) in [5, 5.41) is 2.84. The summed E-state index contributed by atoms with van der Waals surface area (Å²) in [6, 6.07) is 12.5. The Labute approximate surface area is 136 Å². The third-order valence-corrected chi connectivity index (χ3v) is 3.72. The number of ketones is 1. The van der Waals surface area contributed by atoms with Gasteiger partial charge in [0, 0.05) is 11.3 Å². The van der Waals surface area contributed by atoms with Gasteiger partial charge < -0.3 is 10.1 Å². The lowest BCUT2D eigenvalue weighted by Gasteiger charge is -2.15. The number of rotatable bonds is 5. The van der Waals surface area contributed by atoms with Crippen molar-refractivity contribution in [1.29, 1.82) is 0 Å². The van der Waals surface area contributed by atoms with Crippen LogP contribution in [-0.2, 0) is 4.79 Å². The van der Waals surface area contributed by atoms with Gasteiger partial charge in [-0.2, -0.15) is 0 Å². The molecule has 1 unspecified atom stereocenters. The van der Waals surface area contributed by atoms with Gasteiger partial charge in [-0.1, -0.05) is 6.07 Å². The van der Waals surface area contributed by atoms with E-state index in [2.05, 4.69) is 5.32 Å². The summed E-state index contributed by atoms with van der Waals surface area (Å²) in [5.41, 5.74) is 3.67. The van der Waals surface area contributed by atoms with Crippen LogP contribution in [0.5, 0.6) is 5.75 Å². The maximum atomic E-state index is 12.2. The van der Waals surface area contributed by atoms with Crippen molar-refractivity contribution in [2.24, 2.45) is 0 Å². The number of amides is 1. The molecule has 0 saturated carbocycles. The Hall–Kier alpha value is -2.62. The fourth-order valence-electron chi connectivity index (χ4n) is 2.09. The molecule has 0 fully saturated rings. The molecular formula is C19H21NO3. The normalized spacial score (nSPS) is 11.7. The summed E-state index contributed by atoms with van der Waals surface area (Å²) in [5.74, 6) is 0.332. The topological polar surface area (TPSA) is 55.4 Å². The Balaban J connectivity index is 1.99. The summed E-state index contributed by atoms with van der Waals surface area (Å²) in [4.78, 5) is 23.4. The van der Waals surface area contributed by atoms with Gasteiger partial charge in [-0.3, -0.25) is 9.59 Å². The highest BCUT2D eigenvalue weighted by Gasteiger charge is 2.15. The van der Waals surface area contributed by atoms with E-state index < -0.39 is 6.10 Å². The van der Waals surface area contributed by atoms with Crippen LogP contribution < -0.4 is 10.1 Å². The summed E-state index contributed by atoms with van der Waals surface area (Å²) >= 11 is 0. The highest BCUT2D eigenvalue weighted by atomic mass is 16.5. The van der Waals surface area contributed by atoms with Crippen LogP contribution in [0.1, 0.15) is 35.3 Å². The van der Waals surface area contributed by atoms with Crippen LogP contribution in [0.4, 0.5) is 5.69 Å². The van der Waals surface area contributed by atoms with E-state index in [0.717, 1.165) is 11.3 Å². The lowest BCUT2D eigenvalue weighted by molar-refractivity contribution is -0.122. The van der Waals surface area contributed by atoms with Crippen LogP contribution in [-0.4, -0.2) is 17.8 Å². The Morgan fingerprint density at radius 2 is 1.65 bits per heavy atom. The molecule has 0 heterocycles. The number of Topliss-reactive ketones (excluding diaryl/α,β-unsaturated/α-hetero) is 1. The number of carbonyl (C=O) groups is 2. The molecule has 0 aliphatic heterocycles. The number of aryl methyl sites for hydroxylation is 2. The van der Waals surface area contributed by atoms with Crippen molar-refractivity contribution in [3.63, 3.8) is 0 Å². The van der Waals surface area contributed by atoms with Gasteiger partial charge in [0.2, 0.25) is 0 Å². The van der Waals surface area contributed by atoms with E-state index in [-0.39, 0.29) is 11.7 Å². The van der Waals surface area contributed by atoms with Gasteiger partial charge >= 0.3 is 0 Å². The lowest BCUT2D eigenvalue weighted by atomic mass is 10.1. The predicted molar refractivity (Wildman–Crippen MR) is 91.1 cm³/mol. The first-order valence-corrected chi connectivity index (χ1v) is 7.52. The van der Waals surface area contributed by atoms with Crippen LogP contribution in [0.3, 0.4) is 0 Å². The highest BCUT2D eigenvalue weighted by molar-refractivity contribution is 5.95. The molecule has 0 radical (unpaired) electrons. The van der Waals surface area contributed by atoms with Crippen LogP contribution >= 0.6 is 0 Å². The highest BCUT2D eigenvalue weighted by Crippen LogP contribution is 2.17. The van der Waals surface area contributed by atoms with Crippen molar-refractivity contribution in [2.45, 2.75) is 33.8 Å². The number of ether oxygens (including phenoxy) is 1. The van der Waals surface area contributed by atoms with Crippen LogP contribution in [0.25, 0.3) is 0 Å². The van der Waals surface area contributed by atoms with E-state index >= 15 is 0 Å². The third-order valence-electron chi connectivity index (χ3n) is 3.72. The molecule has 1 atom stereocenters. The average Bonchev–Trinajstić information content (AvgIpc) is 2.51. The molecule has 0 spiro atoms. The number of carbonyl (C=O) groups excluding carboxylic acids is 2. The van der Waals surface area contributed by atoms with Crippen LogP contribution in [0.2, 0.25) is 0 Å². The molecule has 0 aliphatic rings. The standard InChI is InChI=1S/C19H21NO3/c1-12-5-8-17(11-13(12)2)20-19(22)15(4)23-18-9-6-16(7-10-18)14(3)21/h5-11,15H,1-4H3,(H,20,22). The molecule has 1 N–H and O–H groups in total. The monoisotopic (exact) mass is 311 g/mol. The second-order valence-corrected chi connectivity index (χ2v) is 5.63. The molecule has 2 aromatic rings. The number of benzene rings is 2. The van der Waals surface area contributed by atoms with Gasteiger partial charge in [0.15, 0.2) is 11.9 Å². The maximum Gasteiger partial charge on any atom is 0.265 e. The van der Waals surface area contributed by atoms with Crippen molar-refractivity contribution in [1.82, 2.24) is 0 Å². The SMILES string of the molecule is CC(=O)c1ccc(OC(C)C(=O)Nc2ccc(C)c(C)c2)cc1. The first-order valence-electron chi connectivity index (χ1n) is 7.52. The molecule has 0 aromatic heterocycles. The Bertz CT molecular complexity index is 720. The first-order chi connectivity index (χ1) is 10.9. The van der Waals surface area contributed by atoms with Crippen LogP contribution in [0.15, 0.2) is 42.5 Å². The van der Waals surface area contributed by atoms with E-state index in [1.54, 1.807) is 31.2 Å². The molecule has 120 valence electrons. The molecule has 0 bridgehead atoms. The zero-order valence-corrected chi connectivity index (χ0v) is 13.8. The number of hydrogen-bond donors (Lipinski definition) is 1. The predicted octanol–water partition coefficient (Wildman–Crippen LogP) is 3.91. The van der Waals surface area contributed by atoms with Gasteiger partial charge in [0.25, 0.3) is 5.91 Å². The second-order valence-electron chi connectivity index (χ2n) is 5.63. The fraction of sp³-hybridized carbons (Fsp3) is 0.263. The summed E-state index contributed by atoms with van der Waals surface area (Å²) in [6.07, 6.45) is -0.639. The van der Waals surface area contributed by atoms with E-state index in [0.29, 0.717) is 11.3 Å². The molecule has 0 saturated heterocycles. The first kappa shape index (κ1) is 16.7. The van der Waals surface area contributed by atoms with E-state index in [9.17, 15) is 9.59 Å². The van der Waals surface area contributed by atoms with Gasteiger partial charge in [0.05, 0.1) is 0 Å². The number of nitrogens with one attached hydrogen (secondary N) is 1. The number of anilines is 1. The molecule has 4 nitrogen and oxygen atoms in total. The second kappa shape index (κ2) is 7.09. The molecule has 0 aliphatic carbocycles. The molecule has 1 amide bonds. The fourth-order valence-corrected chi connectivity index (χ4v) is 2.09. The van der Waals surface area contributed by atoms with Crippen molar-refractivity contribution >= 4 is 17.4 Å². The van der Waals surface area contributed by atoms with Gasteiger partial charge in [0.1, 0.15) is 5.75 Å². The van der Waals surface area contributed by atoms with Gasteiger partial charge in [-0.25, -0.2) is 0 Å². The minimum absolute atomic E-state index is 0.00270. The smallest absolute Gasteiger partial charge is 0.265 e. The Morgan fingerprint density at radius 3 is 2.22 bits per heavy atom. The van der Waals surface area contributed by atoms with Crippen molar-refractivity contribution < 1.29 is 14.3 Å². The minimum atomic E-state index is -0.639. The van der Waals surface area contributed by atoms with E-state index in [1.165, 1.54) is 12.5 Å². The summed E-state index contributed by atoms with van der Waals surface area (Å²) in [7, 11) is 0. The molecule has 4 heteroatoms. The van der Waals surface area contributed by atoms with E-state index in [1.807, 2.05) is 32.0 Å². The molecular weight excluding hydrogens is 290 g/mol. The van der Waals surface area contributed by atoms with Gasteiger partial charge in [-0.05, 0) is 75.2 Å². The Kier molecular flexibility index (Phi) is 5.16. The van der Waals surface area contributed by atoms with Crippen LogP contribution in [0, 0.1) is 13.8 Å². The molecule has 2 rings (SSSR count). The molecule has 23 heavy (non-hydrogen) atoms. The Morgan fingerprint density at radius 1 is 1.00 bits per heavy atom. The van der Waals surface area contributed by atoms with Crippen molar-refractivity contribution in [2.75, 3.05) is 5.32 Å². The quantitative estimate of drug-likeness (QED) is 0.852. The lowest BCUT2D eigenvalue weighted by Crippen LogP contribution is -2.30. The van der Waals surface area contributed by atoms with Crippen molar-refractivity contribution in [3.8, 4) is 5.75 Å². The van der Waals surface area contributed by atoms with Crippen molar-refractivity contribution in [3.05, 3.63) is 59.2 Å². The average molecular weight is 311 g/mol. The zero-order valence-electron chi connectivity index (χ0n) is 13.8. The third kappa shape index (κ3) is 4.42. The van der Waals surface area contributed by atoms with Gasteiger partial charge in [-0.15, -0.1) is 0 Å². The van der Waals surface area contributed by atoms with E-state index in [4.69, 9.17) is 4.74 Å². The molecule has 2 aromatic carbocycles. The summed E-state index contributed by atoms with van der Waals surface area (Å²) in [6.45, 7) is 7.23.